The Balaban J connectivity index is 2.69. The second kappa shape index (κ2) is 7.65. The molecule has 0 fully saturated rings. The van der Waals surface area contributed by atoms with Crippen LogP contribution < -0.4 is 0 Å². The van der Waals surface area contributed by atoms with Gasteiger partial charge in [0, 0.05) is 6.42 Å². The number of aromatic carboxylic acids is 1. The molecule has 0 spiro atoms. The molecule has 1 unspecified atom stereocenters. The topological polar surface area (TPSA) is 72.8 Å². The summed E-state index contributed by atoms with van der Waals surface area (Å²) in [5.41, 5.74) is 0.257. The van der Waals surface area contributed by atoms with Crippen molar-refractivity contribution in [1.29, 1.82) is 0 Å². The Morgan fingerprint density at radius 3 is 2.45 bits per heavy atom. The monoisotopic (exact) mass is 280 g/mol. The number of carboxylic acids is 1. The van der Waals surface area contributed by atoms with Gasteiger partial charge in [-0.2, -0.15) is 0 Å². The van der Waals surface area contributed by atoms with E-state index in [1.165, 1.54) is 24.3 Å². The predicted molar refractivity (Wildman–Crippen MR) is 73.7 cm³/mol. The van der Waals surface area contributed by atoms with Crippen molar-refractivity contribution in [2.45, 2.75) is 33.5 Å². The molecule has 5 nitrogen and oxygen atoms in total. The van der Waals surface area contributed by atoms with Gasteiger partial charge in [0.15, 0.2) is 0 Å². The molecule has 0 bridgehead atoms. The van der Waals surface area contributed by atoms with Crippen molar-refractivity contribution in [2.24, 2.45) is 5.92 Å². The summed E-state index contributed by atoms with van der Waals surface area (Å²) in [6.45, 7) is 6.36. The van der Waals surface area contributed by atoms with Crippen LogP contribution in [0.25, 0.3) is 0 Å². The molecule has 1 aromatic carbocycles. The molecule has 0 aliphatic heterocycles. The molecule has 1 N–H and O–H groups in total. The van der Waals surface area contributed by atoms with Crippen molar-refractivity contribution < 1.29 is 24.2 Å². The van der Waals surface area contributed by atoms with Crippen LogP contribution in [0.3, 0.4) is 0 Å². The molecule has 0 saturated heterocycles. The zero-order valence-corrected chi connectivity index (χ0v) is 12.0. The number of rotatable bonds is 7. The lowest BCUT2D eigenvalue weighted by molar-refractivity contribution is -0.117. The van der Waals surface area contributed by atoms with Crippen LogP contribution >= 0.6 is 0 Å². The molecule has 20 heavy (non-hydrogen) atoms. The van der Waals surface area contributed by atoms with Gasteiger partial charge in [-0.25, -0.2) is 9.59 Å². The van der Waals surface area contributed by atoms with E-state index >= 15 is 0 Å². The van der Waals surface area contributed by atoms with Gasteiger partial charge in [0.05, 0.1) is 17.7 Å². The molecule has 1 atom stereocenters. The normalized spacial score (nSPS) is 12.2. The Morgan fingerprint density at radius 1 is 1.25 bits per heavy atom. The van der Waals surface area contributed by atoms with Crippen molar-refractivity contribution in [3.05, 3.63) is 35.4 Å². The number of ether oxygens (including phenoxy) is 2. The maximum absolute atomic E-state index is 11.9. The van der Waals surface area contributed by atoms with Crippen molar-refractivity contribution in [2.75, 3.05) is 6.61 Å². The number of benzene rings is 1. The predicted octanol–water partition coefficient (Wildman–Crippen LogP) is 2.95. The van der Waals surface area contributed by atoms with E-state index in [4.69, 9.17) is 14.6 Å². The van der Waals surface area contributed by atoms with Gasteiger partial charge in [-0.3, -0.25) is 0 Å². The van der Waals surface area contributed by atoms with Gasteiger partial charge >= 0.3 is 11.9 Å². The lowest BCUT2D eigenvalue weighted by atomic mass is 10.1. The molecule has 5 heteroatoms. The van der Waals surface area contributed by atoms with Gasteiger partial charge < -0.3 is 14.6 Å². The second-order valence-corrected chi connectivity index (χ2v) is 4.86. The van der Waals surface area contributed by atoms with Gasteiger partial charge in [0.25, 0.3) is 0 Å². The van der Waals surface area contributed by atoms with E-state index in [1.54, 1.807) is 0 Å². The second-order valence-electron chi connectivity index (χ2n) is 4.86. The third-order valence-corrected chi connectivity index (χ3v) is 2.53. The molecule has 0 aliphatic carbocycles. The first-order valence-corrected chi connectivity index (χ1v) is 6.60. The van der Waals surface area contributed by atoms with Crippen LogP contribution in [0.1, 0.15) is 47.9 Å². The minimum Gasteiger partial charge on any atom is -0.478 e. The van der Waals surface area contributed by atoms with Crippen LogP contribution in [0, 0.1) is 5.92 Å². The van der Waals surface area contributed by atoms with E-state index in [0.29, 0.717) is 18.9 Å². The summed E-state index contributed by atoms with van der Waals surface area (Å²) in [5, 5.41) is 8.89. The molecule has 0 amide bonds. The summed E-state index contributed by atoms with van der Waals surface area (Å²) in [7, 11) is 0. The van der Waals surface area contributed by atoms with Crippen molar-refractivity contribution in [1.82, 2.24) is 0 Å². The van der Waals surface area contributed by atoms with E-state index in [2.05, 4.69) is 0 Å². The first kappa shape index (κ1) is 16.2. The highest BCUT2D eigenvalue weighted by Crippen LogP contribution is 2.11. The van der Waals surface area contributed by atoms with E-state index < -0.39 is 18.2 Å². The molecule has 0 aromatic heterocycles. The fourth-order valence-electron chi connectivity index (χ4n) is 1.50. The molecule has 0 saturated carbocycles. The van der Waals surface area contributed by atoms with E-state index in [0.717, 1.165) is 0 Å². The molecule has 110 valence electrons. The highest BCUT2D eigenvalue weighted by atomic mass is 16.7. The van der Waals surface area contributed by atoms with Crippen LogP contribution in [0.15, 0.2) is 24.3 Å². The van der Waals surface area contributed by atoms with Crippen LogP contribution in [0.2, 0.25) is 0 Å². The smallest absolute Gasteiger partial charge is 0.340 e. The van der Waals surface area contributed by atoms with Crippen molar-refractivity contribution in [3.8, 4) is 0 Å². The average Bonchev–Trinajstić information content (AvgIpc) is 2.43. The fourth-order valence-corrected chi connectivity index (χ4v) is 1.50. The fraction of sp³-hybridized carbons (Fsp3) is 0.467. The number of hydrogen-bond acceptors (Lipinski definition) is 4. The molecular formula is C15H20O5. The minimum atomic E-state index is -1.08. The lowest BCUT2D eigenvalue weighted by Crippen LogP contribution is -2.22. The number of carboxylic acid groups (broad SMARTS) is 1. The SMILES string of the molecule is CCC(OCC(C)C)OC(=O)c1cccc(C(=O)O)c1. The number of hydrogen-bond donors (Lipinski definition) is 1. The van der Waals surface area contributed by atoms with Gasteiger partial charge in [-0.05, 0) is 24.1 Å². The number of carbonyl (C=O) groups excluding carboxylic acids is 1. The summed E-state index contributed by atoms with van der Waals surface area (Å²) < 4.78 is 10.7. The molecule has 0 aliphatic rings. The molecule has 1 rings (SSSR count). The van der Waals surface area contributed by atoms with Crippen LogP contribution in [0.4, 0.5) is 0 Å². The highest BCUT2D eigenvalue weighted by molar-refractivity contribution is 5.94. The summed E-state index contributed by atoms with van der Waals surface area (Å²) in [5.74, 6) is -1.32. The summed E-state index contributed by atoms with van der Waals surface area (Å²) in [4.78, 5) is 22.8. The van der Waals surface area contributed by atoms with Crippen molar-refractivity contribution in [3.63, 3.8) is 0 Å². The first-order chi connectivity index (χ1) is 9.43. The first-order valence-electron chi connectivity index (χ1n) is 6.60. The maximum Gasteiger partial charge on any atom is 0.340 e. The third-order valence-electron chi connectivity index (χ3n) is 2.53. The summed E-state index contributed by atoms with van der Waals surface area (Å²) in [6, 6.07) is 5.74. The molecule has 0 radical (unpaired) electrons. The Labute approximate surface area is 118 Å². The van der Waals surface area contributed by atoms with Gasteiger partial charge in [-0.1, -0.05) is 26.8 Å². The van der Waals surface area contributed by atoms with Crippen LogP contribution in [-0.2, 0) is 9.47 Å². The molecule has 0 heterocycles. The van der Waals surface area contributed by atoms with Gasteiger partial charge in [-0.15, -0.1) is 0 Å². The van der Waals surface area contributed by atoms with E-state index in [1.807, 2.05) is 20.8 Å². The largest absolute Gasteiger partial charge is 0.478 e. The van der Waals surface area contributed by atoms with Crippen LogP contribution in [0.5, 0.6) is 0 Å². The molecular weight excluding hydrogens is 260 g/mol. The zero-order valence-electron chi connectivity index (χ0n) is 12.0. The zero-order chi connectivity index (χ0) is 15.1. The molecule has 1 aromatic rings. The highest BCUT2D eigenvalue weighted by Gasteiger charge is 2.16. The summed E-state index contributed by atoms with van der Waals surface area (Å²) in [6.07, 6.45) is -0.0738. The van der Waals surface area contributed by atoms with Gasteiger partial charge in [0.2, 0.25) is 6.29 Å². The Hall–Kier alpha value is -1.88. The standard InChI is InChI=1S/C15H20O5/c1-4-13(19-9-10(2)3)20-15(18)12-7-5-6-11(8-12)14(16)17/h5-8,10,13H,4,9H2,1-3H3,(H,16,17). The van der Waals surface area contributed by atoms with Gasteiger partial charge in [0.1, 0.15) is 0 Å². The minimum absolute atomic E-state index is 0.0515. The lowest BCUT2D eigenvalue weighted by Gasteiger charge is -2.18. The van der Waals surface area contributed by atoms with Crippen LogP contribution in [-0.4, -0.2) is 29.9 Å². The summed E-state index contributed by atoms with van der Waals surface area (Å²) >= 11 is 0. The van der Waals surface area contributed by atoms with E-state index in [-0.39, 0.29) is 11.1 Å². The third kappa shape index (κ3) is 5.01. The average molecular weight is 280 g/mol. The number of esters is 1. The van der Waals surface area contributed by atoms with E-state index in [9.17, 15) is 9.59 Å². The maximum atomic E-state index is 11.9. The van der Waals surface area contributed by atoms with Crippen molar-refractivity contribution >= 4 is 11.9 Å². The quantitative estimate of drug-likeness (QED) is 0.614. The Morgan fingerprint density at radius 2 is 1.90 bits per heavy atom. The number of carbonyl (C=O) groups is 2. The Bertz CT molecular complexity index is 467. The Kier molecular flexibility index (Phi) is 6.18.